The highest BCUT2D eigenvalue weighted by atomic mass is 35.5. The van der Waals surface area contributed by atoms with Crippen molar-refractivity contribution in [2.24, 2.45) is 0 Å². The first-order valence-corrected chi connectivity index (χ1v) is 9.74. The molecule has 0 atom stereocenters. The van der Waals surface area contributed by atoms with Crippen molar-refractivity contribution in [1.29, 1.82) is 0 Å². The maximum atomic E-state index is 12.5. The van der Waals surface area contributed by atoms with Crippen LogP contribution in [0.4, 0.5) is 11.4 Å². The summed E-state index contributed by atoms with van der Waals surface area (Å²) < 4.78 is 1.10. The average molecular weight is 389 g/mol. The third kappa shape index (κ3) is 4.69. The molecule has 1 aliphatic heterocycles. The monoisotopic (exact) mass is 388 g/mol. The number of piperidine rings is 1. The van der Waals surface area contributed by atoms with Crippen molar-refractivity contribution in [1.82, 2.24) is 9.78 Å². The minimum atomic E-state index is -0.440. The van der Waals surface area contributed by atoms with Gasteiger partial charge in [-0.3, -0.25) is 9.59 Å². The lowest BCUT2D eigenvalue weighted by Crippen LogP contribution is -2.34. The quantitative estimate of drug-likeness (QED) is 0.848. The van der Waals surface area contributed by atoms with Crippen LogP contribution in [0.3, 0.4) is 0 Å². The maximum Gasteiger partial charge on any atom is 0.288 e. The standard InChI is InChI=1S/C20H25ClN4O2/c1-14(2)15-6-8-16(9-7-15)23-18(26)13-25-20(27)19(21)17(12-22-25)24-10-4-3-5-11-24/h6-9,12,14H,3-5,10-11,13H2,1-2H3,(H,23,26). The summed E-state index contributed by atoms with van der Waals surface area (Å²) >= 11 is 6.28. The third-order valence-corrected chi connectivity index (χ3v) is 5.17. The Balaban J connectivity index is 1.68. The number of carbonyl (C=O) groups is 1. The number of nitrogens with zero attached hydrogens (tertiary/aromatic N) is 3. The molecule has 1 fully saturated rings. The van der Waals surface area contributed by atoms with E-state index in [0.717, 1.165) is 30.6 Å². The lowest BCUT2D eigenvalue weighted by molar-refractivity contribution is -0.117. The van der Waals surface area contributed by atoms with Crippen molar-refractivity contribution < 1.29 is 4.79 Å². The first-order valence-electron chi connectivity index (χ1n) is 9.36. The van der Waals surface area contributed by atoms with Gasteiger partial charge in [-0.2, -0.15) is 5.10 Å². The Kier molecular flexibility index (Phi) is 6.16. The van der Waals surface area contributed by atoms with Crippen LogP contribution in [0.1, 0.15) is 44.6 Å². The molecule has 0 spiro atoms. The van der Waals surface area contributed by atoms with Crippen LogP contribution in [0, 0.1) is 0 Å². The fourth-order valence-electron chi connectivity index (χ4n) is 3.21. The van der Waals surface area contributed by atoms with Gasteiger partial charge in [-0.05, 0) is 42.9 Å². The summed E-state index contributed by atoms with van der Waals surface area (Å²) in [5.41, 5.74) is 2.10. The summed E-state index contributed by atoms with van der Waals surface area (Å²) in [7, 11) is 0. The SMILES string of the molecule is CC(C)c1ccc(NC(=O)Cn2ncc(N3CCCCC3)c(Cl)c2=O)cc1. The molecule has 2 aromatic rings. The van der Waals surface area contributed by atoms with E-state index < -0.39 is 5.56 Å². The third-order valence-electron chi connectivity index (χ3n) is 4.82. The zero-order chi connectivity index (χ0) is 19.4. The van der Waals surface area contributed by atoms with E-state index in [9.17, 15) is 9.59 Å². The van der Waals surface area contributed by atoms with Crippen molar-refractivity contribution in [2.45, 2.75) is 45.6 Å². The van der Waals surface area contributed by atoms with Crippen LogP contribution in [0.5, 0.6) is 0 Å². The summed E-state index contributed by atoms with van der Waals surface area (Å²) in [5.74, 6) is 0.113. The molecule has 0 radical (unpaired) electrons. The minimum absolute atomic E-state index is 0.126. The number of nitrogens with one attached hydrogen (secondary N) is 1. The van der Waals surface area contributed by atoms with Gasteiger partial charge in [0.05, 0.1) is 11.9 Å². The van der Waals surface area contributed by atoms with Crippen molar-refractivity contribution in [3.63, 3.8) is 0 Å². The smallest absolute Gasteiger partial charge is 0.288 e. The predicted molar refractivity (Wildman–Crippen MR) is 109 cm³/mol. The number of hydrogen-bond donors (Lipinski definition) is 1. The highest BCUT2D eigenvalue weighted by molar-refractivity contribution is 6.33. The van der Waals surface area contributed by atoms with Gasteiger partial charge < -0.3 is 10.2 Å². The highest BCUT2D eigenvalue weighted by Gasteiger charge is 2.18. The topological polar surface area (TPSA) is 67.2 Å². The molecular formula is C20H25ClN4O2. The second-order valence-corrected chi connectivity index (χ2v) is 7.56. The molecule has 0 aliphatic carbocycles. The Labute approximate surface area is 164 Å². The van der Waals surface area contributed by atoms with Crippen molar-refractivity contribution in [3.8, 4) is 0 Å². The van der Waals surface area contributed by atoms with Crippen LogP contribution in [0.2, 0.25) is 5.02 Å². The molecule has 7 heteroatoms. The summed E-state index contributed by atoms with van der Waals surface area (Å²) in [6.07, 6.45) is 4.94. The molecule has 1 aromatic heterocycles. The number of amides is 1. The van der Waals surface area contributed by atoms with Crippen molar-refractivity contribution in [3.05, 3.63) is 51.4 Å². The van der Waals surface area contributed by atoms with Gasteiger partial charge >= 0.3 is 0 Å². The Morgan fingerprint density at radius 1 is 1.19 bits per heavy atom. The number of benzene rings is 1. The molecule has 1 amide bonds. The second kappa shape index (κ2) is 8.57. The number of halogens is 1. The fourth-order valence-corrected chi connectivity index (χ4v) is 3.48. The Morgan fingerprint density at radius 3 is 2.48 bits per heavy atom. The largest absolute Gasteiger partial charge is 0.369 e. The molecule has 144 valence electrons. The molecule has 2 heterocycles. The van der Waals surface area contributed by atoms with E-state index in [1.54, 1.807) is 6.20 Å². The lowest BCUT2D eigenvalue weighted by Gasteiger charge is -2.29. The number of anilines is 2. The molecule has 0 bridgehead atoms. The lowest BCUT2D eigenvalue weighted by atomic mass is 10.0. The molecule has 1 aromatic carbocycles. The van der Waals surface area contributed by atoms with Crippen LogP contribution in [-0.2, 0) is 11.3 Å². The van der Waals surface area contributed by atoms with E-state index in [-0.39, 0.29) is 17.5 Å². The van der Waals surface area contributed by atoms with Gasteiger partial charge in [0.1, 0.15) is 11.6 Å². The zero-order valence-corrected chi connectivity index (χ0v) is 16.5. The second-order valence-electron chi connectivity index (χ2n) is 7.18. The first kappa shape index (κ1) is 19.4. The van der Waals surface area contributed by atoms with E-state index >= 15 is 0 Å². The van der Waals surface area contributed by atoms with Crippen molar-refractivity contribution in [2.75, 3.05) is 23.3 Å². The van der Waals surface area contributed by atoms with E-state index in [1.165, 1.54) is 12.0 Å². The predicted octanol–water partition coefficient (Wildman–Crippen LogP) is 3.65. The van der Waals surface area contributed by atoms with Gasteiger partial charge in [0.25, 0.3) is 5.56 Å². The summed E-state index contributed by atoms with van der Waals surface area (Å²) in [4.78, 5) is 26.9. The molecule has 0 unspecified atom stereocenters. The van der Waals surface area contributed by atoms with Crippen LogP contribution in [-0.4, -0.2) is 28.8 Å². The Hall–Kier alpha value is -2.34. The van der Waals surface area contributed by atoms with E-state index in [4.69, 9.17) is 11.6 Å². The molecule has 1 N–H and O–H groups in total. The molecule has 27 heavy (non-hydrogen) atoms. The zero-order valence-electron chi connectivity index (χ0n) is 15.7. The molecule has 1 aliphatic rings. The van der Waals surface area contributed by atoms with Crippen LogP contribution in [0.25, 0.3) is 0 Å². The highest BCUT2D eigenvalue weighted by Crippen LogP contribution is 2.24. The van der Waals surface area contributed by atoms with Gasteiger partial charge in [-0.25, -0.2) is 4.68 Å². The van der Waals surface area contributed by atoms with Crippen LogP contribution < -0.4 is 15.8 Å². The molecular weight excluding hydrogens is 364 g/mol. The minimum Gasteiger partial charge on any atom is -0.369 e. The van der Waals surface area contributed by atoms with E-state index in [2.05, 4.69) is 29.2 Å². The van der Waals surface area contributed by atoms with Gasteiger partial charge in [0.2, 0.25) is 5.91 Å². The molecule has 3 rings (SSSR count). The summed E-state index contributed by atoms with van der Waals surface area (Å²) in [6, 6.07) is 7.68. The van der Waals surface area contributed by atoms with E-state index in [0.29, 0.717) is 17.3 Å². The first-order chi connectivity index (χ1) is 13.0. The molecule has 6 nitrogen and oxygen atoms in total. The van der Waals surface area contributed by atoms with Gasteiger partial charge in [0.15, 0.2) is 0 Å². The van der Waals surface area contributed by atoms with E-state index in [1.807, 2.05) is 24.3 Å². The Morgan fingerprint density at radius 2 is 1.85 bits per heavy atom. The average Bonchev–Trinajstić information content (AvgIpc) is 2.67. The summed E-state index contributed by atoms with van der Waals surface area (Å²) in [6.45, 7) is 5.80. The number of aromatic nitrogens is 2. The maximum absolute atomic E-state index is 12.5. The van der Waals surface area contributed by atoms with Crippen LogP contribution in [0.15, 0.2) is 35.3 Å². The van der Waals surface area contributed by atoms with Gasteiger partial charge in [-0.1, -0.05) is 37.6 Å². The van der Waals surface area contributed by atoms with Gasteiger partial charge in [-0.15, -0.1) is 0 Å². The number of rotatable bonds is 5. The Bertz CT molecular complexity index is 855. The van der Waals surface area contributed by atoms with Crippen LogP contribution >= 0.6 is 11.6 Å². The van der Waals surface area contributed by atoms with Gasteiger partial charge in [0, 0.05) is 18.8 Å². The molecule has 0 saturated carbocycles. The summed E-state index contributed by atoms with van der Waals surface area (Å²) in [5, 5.41) is 7.07. The fraction of sp³-hybridized carbons (Fsp3) is 0.450. The molecule has 1 saturated heterocycles. The number of hydrogen-bond acceptors (Lipinski definition) is 4. The number of carbonyl (C=O) groups excluding carboxylic acids is 1. The van der Waals surface area contributed by atoms with Crippen molar-refractivity contribution >= 4 is 28.9 Å². The normalized spacial score (nSPS) is 14.4.